The van der Waals surface area contributed by atoms with Crippen LogP contribution in [0.3, 0.4) is 0 Å². The highest BCUT2D eigenvalue weighted by Crippen LogP contribution is 2.13. The fraction of sp³-hybridized carbons (Fsp3) is 0.500. The third kappa shape index (κ3) is 4.71. The molecule has 0 radical (unpaired) electrons. The highest BCUT2D eigenvalue weighted by molar-refractivity contribution is 5.32. The van der Waals surface area contributed by atoms with Crippen molar-refractivity contribution in [2.45, 2.75) is 52.0 Å². The molecule has 0 aliphatic rings. The Bertz CT molecular complexity index is 504. The summed E-state index contributed by atoms with van der Waals surface area (Å²) in [4.78, 5) is 0. The lowest BCUT2D eigenvalue weighted by molar-refractivity contribution is 0.445. The van der Waals surface area contributed by atoms with E-state index in [1.165, 1.54) is 31.4 Å². The number of rotatable bonds is 9. The van der Waals surface area contributed by atoms with Crippen LogP contribution in [0.25, 0.3) is 5.69 Å². The van der Waals surface area contributed by atoms with Gasteiger partial charge in [-0.25, -0.2) is 4.68 Å². The van der Waals surface area contributed by atoms with Crippen molar-refractivity contribution in [2.24, 2.45) is 0 Å². The van der Waals surface area contributed by atoms with Gasteiger partial charge in [0.25, 0.3) is 0 Å². The lowest BCUT2D eigenvalue weighted by atomic mass is 10.0. The molecule has 0 amide bonds. The minimum Gasteiger partial charge on any atom is -0.314 e. The minimum absolute atomic E-state index is 0.620. The maximum atomic E-state index is 4.47. The summed E-state index contributed by atoms with van der Waals surface area (Å²) >= 11 is 0. The zero-order valence-corrected chi connectivity index (χ0v) is 13.3. The van der Waals surface area contributed by atoms with E-state index in [1.807, 2.05) is 12.3 Å². The van der Waals surface area contributed by atoms with Crippen LogP contribution in [0.1, 0.15) is 45.2 Å². The fourth-order valence-corrected chi connectivity index (χ4v) is 2.69. The monoisotopic (exact) mass is 285 g/mol. The average molecular weight is 285 g/mol. The summed E-state index contributed by atoms with van der Waals surface area (Å²) in [6.07, 6.45) is 7.82. The van der Waals surface area contributed by atoms with Crippen LogP contribution in [-0.2, 0) is 6.42 Å². The molecule has 0 fully saturated rings. The zero-order chi connectivity index (χ0) is 14.9. The van der Waals surface area contributed by atoms with Gasteiger partial charge >= 0.3 is 0 Å². The highest BCUT2D eigenvalue weighted by atomic mass is 15.3. The van der Waals surface area contributed by atoms with E-state index in [-0.39, 0.29) is 0 Å². The predicted molar refractivity (Wildman–Crippen MR) is 88.9 cm³/mol. The van der Waals surface area contributed by atoms with Crippen LogP contribution in [0.5, 0.6) is 0 Å². The number of para-hydroxylation sites is 1. The first-order valence-corrected chi connectivity index (χ1v) is 8.16. The van der Waals surface area contributed by atoms with Crippen molar-refractivity contribution in [3.05, 3.63) is 48.3 Å². The van der Waals surface area contributed by atoms with Gasteiger partial charge in [-0.15, -0.1) is 0 Å². The predicted octanol–water partition coefficient (Wildman–Crippen LogP) is 3.97. The second-order valence-electron chi connectivity index (χ2n) is 5.55. The van der Waals surface area contributed by atoms with E-state index in [0.29, 0.717) is 6.04 Å². The van der Waals surface area contributed by atoms with Crippen molar-refractivity contribution in [2.75, 3.05) is 6.54 Å². The molecule has 21 heavy (non-hydrogen) atoms. The number of nitrogens with zero attached hydrogens (tertiary/aromatic N) is 2. The quantitative estimate of drug-likeness (QED) is 0.755. The molecule has 1 unspecified atom stereocenters. The van der Waals surface area contributed by atoms with E-state index < -0.39 is 0 Å². The molecule has 3 nitrogen and oxygen atoms in total. The largest absolute Gasteiger partial charge is 0.314 e. The molecule has 1 N–H and O–H groups in total. The normalized spacial score (nSPS) is 12.5. The first-order valence-electron chi connectivity index (χ1n) is 8.16. The standard InChI is InChI=1S/C18H27N3/c1-3-8-16(19-14-4-2)11-12-18-13-15-20-21(18)17-9-6-5-7-10-17/h5-7,9-10,13,15-16,19H,3-4,8,11-12,14H2,1-2H3. The summed E-state index contributed by atoms with van der Waals surface area (Å²) in [7, 11) is 0. The van der Waals surface area contributed by atoms with Gasteiger partial charge < -0.3 is 5.32 Å². The molecule has 1 atom stereocenters. The highest BCUT2D eigenvalue weighted by Gasteiger charge is 2.10. The van der Waals surface area contributed by atoms with E-state index in [0.717, 1.165) is 18.7 Å². The molecule has 1 aromatic carbocycles. The Hall–Kier alpha value is -1.61. The molecule has 0 spiro atoms. The molecule has 0 bridgehead atoms. The molecule has 0 aliphatic heterocycles. The van der Waals surface area contributed by atoms with Gasteiger partial charge in [-0.1, -0.05) is 38.5 Å². The molecule has 2 rings (SSSR count). The van der Waals surface area contributed by atoms with Crippen LogP contribution in [0.15, 0.2) is 42.6 Å². The van der Waals surface area contributed by atoms with E-state index in [9.17, 15) is 0 Å². The Morgan fingerprint density at radius 2 is 1.86 bits per heavy atom. The molecule has 1 heterocycles. The summed E-state index contributed by atoms with van der Waals surface area (Å²) in [6.45, 7) is 5.60. The number of nitrogens with one attached hydrogen (secondary N) is 1. The molecule has 3 heteroatoms. The van der Waals surface area contributed by atoms with Gasteiger partial charge in [0.2, 0.25) is 0 Å². The summed E-state index contributed by atoms with van der Waals surface area (Å²) in [5.41, 5.74) is 2.44. The molecular weight excluding hydrogens is 258 g/mol. The summed E-state index contributed by atoms with van der Waals surface area (Å²) in [6, 6.07) is 13.1. The minimum atomic E-state index is 0.620. The lowest BCUT2D eigenvalue weighted by Gasteiger charge is -2.18. The van der Waals surface area contributed by atoms with Gasteiger partial charge in [-0.2, -0.15) is 5.10 Å². The smallest absolute Gasteiger partial charge is 0.0648 e. The van der Waals surface area contributed by atoms with Crippen molar-refractivity contribution >= 4 is 0 Å². The van der Waals surface area contributed by atoms with Crippen molar-refractivity contribution in [3.63, 3.8) is 0 Å². The van der Waals surface area contributed by atoms with Gasteiger partial charge in [0.05, 0.1) is 5.69 Å². The van der Waals surface area contributed by atoms with Crippen LogP contribution in [0.2, 0.25) is 0 Å². The SMILES string of the molecule is CCCNC(CCC)CCc1ccnn1-c1ccccc1. The zero-order valence-electron chi connectivity index (χ0n) is 13.3. The third-order valence-electron chi connectivity index (χ3n) is 3.79. The van der Waals surface area contributed by atoms with Crippen LogP contribution >= 0.6 is 0 Å². The molecule has 2 aromatic rings. The average Bonchev–Trinajstić information content (AvgIpc) is 2.99. The molecule has 0 saturated heterocycles. The number of benzene rings is 1. The van der Waals surface area contributed by atoms with Gasteiger partial charge in [-0.3, -0.25) is 0 Å². The summed E-state index contributed by atoms with van der Waals surface area (Å²) < 4.78 is 2.06. The Labute approximate surface area is 128 Å². The summed E-state index contributed by atoms with van der Waals surface area (Å²) in [5.74, 6) is 0. The van der Waals surface area contributed by atoms with Gasteiger partial charge in [0.1, 0.15) is 0 Å². The van der Waals surface area contributed by atoms with Gasteiger partial charge in [0, 0.05) is 17.9 Å². The Morgan fingerprint density at radius 1 is 1.05 bits per heavy atom. The van der Waals surface area contributed by atoms with Crippen LogP contribution in [0.4, 0.5) is 0 Å². The second-order valence-corrected chi connectivity index (χ2v) is 5.55. The first kappa shape index (κ1) is 15.8. The van der Waals surface area contributed by atoms with Gasteiger partial charge in [0.15, 0.2) is 0 Å². The Kier molecular flexibility index (Phi) is 6.48. The molecule has 1 aromatic heterocycles. The topological polar surface area (TPSA) is 29.9 Å². The van der Waals surface area contributed by atoms with Crippen LogP contribution in [-0.4, -0.2) is 22.4 Å². The third-order valence-corrected chi connectivity index (χ3v) is 3.79. The maximum absolute atomic E-state index is 4.47. The first-order chi connectivity index (χ1) is 10.3. The van der Waals surface area contributed by atoms with E-state index in [2.05, 4.69) is 59.3 Å². The van der Waals surface area contributed by atoms with E-state index >= 15 is 0 Å². The Morgan fingerprint density at radius 3 is 2.57 bits per heavy atom. The number of aryl methyl sites for hydroxylation is 1. The molecule has 0 aliphatic carbocycles. The van der Waals surface area contributed by atoms with Crippen molar-refractivity contribution < 1.29 is 0 Å². The van der Waals surface area contributed by atoms with Gasteiger partial charge in [-0.05, 0) is 50.4 Å². The Balaban J connectivity index is 1.98. The lowest BCUT2D eigenvalue weighted by Crippen LogP contribution is -2.30. The van der Waals surface area contributed by atoms with Crippen molar-refractivity contribution in [3.8, 4) is 5.69 Å². The van der Waals surface area contributed by atoms with E-state index in [1.54, 1.807) is 0 Å². The number of hydrogen-bond acceptors (Lipinski definition) is 2. The van der Waals surface area contributed by atoms with Crippen LogP contribution < -0.4 is 5.32 Å². The second kappa shape index (κ2) is 8.63. The van der Waals surface area contributed by atoms with Crippen LogP contribution in [0, 0.1) is 0 Å². The fourth-order valence-electron chi connectivity index (χ4n) is 2.69. The molecule has 114 valence electrons. The maximum Gasteiger partial charge on any atom is 0.0648 e. The molecular formula is C18H27N3. The van der Waals surface area contributed by atoms with E-state index in [4.69, 9.17) is 0 Å². The van der Waals surface area contributed by atoms with Crippen molar-refractivity contribution in [1.29, 1.82) is 0 Å². The molecule has 0 saturated carbocycles. The van der Waals surface area contributed by atoms with Crippen molar-refractivity contribution in [1.82, 2.24) is 15.1 Å². The number of aromatic nitrogens is 2. The number of hydrogen-bond donors (Lipinski definition) is 1. The summed E-state index contributed by atoms with van der Waals surface area (Å²) in [5, 5.41) is 8.13.